The second-order valence-electron chi connectivity index (χ2n) is 10.5. The van der Waals surface area contributed by atoms with Gasteiger partial charge in [-0.1, -0.05) is 12.1 Å². The Kier molecular flexibility index (Phi) is 7.34. The maximum absolute atomic E-state index is 13.4. The van der Waals surface area contributed by atoms with Gasteiger partial charge >= 0.3 is 6.03 Å². The molecule has 5 rings (SSSR count). The molecule has 2 N–H and O–H groups in total. The maximum atomic E-state index is 13.4. The number of hydrogen-bond donors (Lipinski definition) is 2. The predicted molar refractivity (Wildman–Crippen MR) is 146 cm³/mol. The van der Waals surface area contributed by atoms with Gasteiger partial charge in [0, 0.05) is 30.7 Å². The average Bonchev–Trinajstić information content (AvgIpc) is 3.53. The smallest absolute Gasteiger partial charge is 0.326 e. The van der Waals surface area contributed by atoms with Crippen LogP contribution in [0, 0.1) is 12.8 Å². The maximum Gasteiger partial charge on any atom is 0.326 e. The second-order valence-corrected chi connectivity index (χ2v) is 10.5. The lowest BCUT2D eigenvalue weighted by atomic mass is 9.58. The monoisotopic (exact) mass is 518 g/mol. The van der Waals surface area contributed by atoms with Gasteiger partial charge in [0.15, 0.2) is 0 Å². The van der Waals surface area contributed by atoms with Crippen LogP contribution in [0.2, 0.25) is 0 Å². The Morgan fingerprint density at radius 3 is 2.68 bits per heavy atom. The Labute approximate surface area is 224 Å². The predicted octanol–water partition coefficient (Wildman–Crippen LogP) is 4.28. The fraction of sp³-hybridized carbons (Fsp3) is 0.467. The molecule has 0 saturated carbocycles. The van der Waals surface area contributed by atoms with Gasteiger partial charge in [-0.3, -0.25) is 14.3 Å². The molecular weight excluding hydrogens is 480 g/mol. The minimum Gasteiger partial charge on any atom is -0.497 e. The third-order valence-corrected chi connectivity index (χ3v) is 8.41. The van der Waals surface area contributed by atoms with Gasteiger partial charge in [0.1, 0.15) is 17.2 Å². The van der Waals surface area contributed by atoms with Gasteiger partial charge in [0.05, 0.1) is 19.9 Å². The molecule has 3 heterocycles. The van der Waals surface area contributed by atoms with Crippen LogP contribution in [0.1, 0.15) is 58.9 Å². The molecule has 1 aromatic carbocycles. The number of ether oxygens (including phenoxy) is 1. The summed E-state index contributed by atoms with van der Waals surface area (Å²) in [7, 11) is 1.70. The number of carbonyl (C=O) groups is 2. The molecule has 2 aromatic heterocycles. The molecule has 2 aliphatic rings. The van der Waals surface area contributed by atoms with Crippen LogP contribution in [0.3, 0.4) is 0 Å². The van der Waals surface area contributed by atoms with Gasteiger partial charge in [-0.15, -0.1) is 0 Å². The molecule has 2 atom stereocenters. The SMILES string of the molecule is CCNC(=O)c1c(C)c2c(n1C(=O)NCC)C[C@]1(c3cccc(OC)c3)CCN(Cc3ccco3)C[C@H]1C2. The molecule has 8 nitrogen and oxygen atoms in total. The van der Waals surface area contributed by atoms with E-state index in [-0.39, 0.29) is 17.4 Å². The van der Waals surface area contributed by atoms with Crippen molar-refractivity contribution >= 4 is 11.9 Å². The van der Waals surface area contributed by atoms with E-state index in [9.17, 15) is 9.59 Å². The standard InChI is InChI=1S/C30H38N4O4/c1-5-31-28(35)27-20(3)25-16-22-18-33(19-24-11-8-14-38-24)13-12-30(22,21-9-7-10-23(15-21)37-4)17-26(25)34(27)29(36)32-6-2/h7-11,14-15,22H,5-6,12-13,16-19H2,1-4H3,(H,31,35)(H,32,36)/t22-,30+/m1/s1. The van der Waals surface area contributed by atoms with E-state index in [0.29, 0.717) is 31.1 Å². The summed E-state index contributed by atoms with van der Waals surface area (Å²) in [4.78, 5) is 29.1. The first-order valence-electron chi connectivity index (χ1n) is 13.6. The second kappa shape index (κ2) is 10.7. The molecule has 0 spiro atoms. The first-order chi connectivity index (χ1) is 18.4. The fourth-order valence-corrected chi connectivity index (χ4v) is 6.58. The average molecular weight is 519 g/mol. The van der Waals surface area contributed by atoms with Gasteiger partial charge < -0.3 is 19.8 Å². The van der Waals surface area contributed by atoms with E-state index in [1.54, 1.807) is 17.9 Å². The molecule has 202 valence electrons. The zero-order valence-corrected chi connectivity index (χ0v) is 22.8. The molecule has 8 heteroatoms. The quantitative estimate of drug-likeness (QED) is 0.487. The lowest BCUT2D eigenvalue weighted by Crippen LogP contribution is -2.54. The highest BCUT2D eigenvalue weighted by atomic mass is 16.5. The molecule has 1 aliphatic heterocycles. The Morgan fingerprint density at radius 1 is 1.16 bits per heavy atom. The molecule has 3 aromatic rings. The summed E-state index contributed by atoms with van der Waals surface area (Å²) in [5.41, 5.74) is 4.48. The van der Waals surface area contributed by atoms with E-state index in [1.165, 1.54) is 5.56 Å². The Hall–Kier alpha value is -3.52. The van der Waals surface area contributed by atoms with Gasteiger partial charge in [-0.25, -0.2) is 4.79 Å². The number of nitrogens with zero attached hydrogens (tertiary/aromatic N) is 2. The van der Waals surface area contributed by atoms with Crippen LogP contribution >= 0.6 is 0 Å². The lowest BCUT2D eigenvalue weighted by Gasteiger charge is -2.51. The van der Waals surface area contributed by atoms with Crippen LogP contribution in [-0.4, -0.2) is 54.7 Å². The summed E-state index contributed by atoms with van der Waals surface area (Å²) in [6.07, 6.45) is 4.14. The molecule has 1 fully saturated rings. The molecule has 38 heavy (non-hydrogen) atoms. The van der Waals surface area contributed by atoms with Crippen molar-refractivity contribution in [2.75, 3.05) is 33.3 Å². The molecule has 1 saturated heterocycles. The number of carbonyl (C=O) groups excluding carboxylic acids is 2. The van der Waals surface area contributed by atoms with Gasteiger partial charge in [-0.05, 0) is 93.5 Å². The van der Waals surface area contributed by atoms with Crippen molar-refractivity contribution in [3.63, 3.8) is 0 Å². The number of piperidine rings is 1. The summed E-state index contributed by atoms with van der Waals surface area (Å²) in [6, 6.07) is 12.1. The van der Waals surface area contributed by atoms with E-state index < -0.39 is 0 Å². The van der Waals surface area contributed by atoms with Gasteiger partial charge in [0.2, 0.25) is 0 Å². The molecular formula is C30H38N4O4. The van der Waals surface area contributed by atoms with Crippen LogP contribution in [0.15, 0.2) is 47.1 Å². The van der Waals surface area contributed by atoms with Crippen LogP contribution in [0.5, 0.6) is 5.75 Å². The Morgan fingerprint density at radius 2 is 1.97 bits per heavy atom. The minimum atomic E-state index is -0.243. The fourth-order valence-electron chi connectivity index (χ4n) is 6.58. The van der Waals surface area contributed by atoms with Crippen LogP contribution in [0.4, 0.5) is 4.79 Å². The van der Waals surface area contributed by atoms with E-state index in [2.05, 4.69) is 33.7 Å². The number of hydrogen-bond acceptors (Lipinski definition) is 5. The highest BCUT2D eigenvalue weighted by Gasteiger charge is 2.49. The number of nitrogens with one attached hydrogen (secondary N) is 2. The molecule has 0 radical (unpaired) electrons. The molecule has 2 amide bonds. The zero-order valence-electron chi connectivity index (χ0n) is 22.8. The number of furan rings is 1. The number of rotatable bonds is 7. The lowest BCUT2D eigenvalue weighted by molar-refractivity contribution is 0.0710. The van der Waals surface area contributed by atoms with E-state index in [1.807, 2.05) is 39.0 Å². The summed E-state index contributed by atoms with van der Waals surface area (Å²) in [6.45, 7) is 9.36. The topological polar surface area (TPSA) is 88.7 Å². The zero-order chi connectivity index (χ0) is 26.9. The van der Waals surface area contributed by atoms with Crippen LogP contribution in [0.25, 0.3) is 0 Å². The van der Waals surface area contributed by atoms with Crippen molar-refractivity contribution in [1.29, 1.82) is 0 Å². The van der Waals surface area contributed by atoms with Crippen LogP contribution < -0.4 is 15.4 Å². The van der Waals surface area contributed by atoms with Crippen molar-refractivity contribution in [2.45, 2.75) is 52.0 Å². The number of aromatic nitrogens is 1. The Bertz CT molecular complexity index is 1310. The third kappa shape index (κ3) is 4.51. The summed E-state index contributed by atoms with van der Waals surface area (Å²) < 4.78 is 12.9. The van der Waals surface area contributed by atoms with Crippen molar-refractivity contribution in [1.82, 2.24) is 20.1 Å². The van der Waals surface area contributed by atoms with Crippen molar-refractivity contribution in [2.24, 2.45) is 5.92 Å². The van der Waals surface area contributed by atoms with Crippen LogP contribution in [-0.2, 0) is 24.8 Å². The van der Waals surface area contributed by atoms with Crippen molar-refractivity contribution in [3.8, 4) is 5.75 Å². The van der Waals surface area contributed by atoms with E-state index >= 15 is 0 Å². The summed E-state index contributed by atoms with van der Waals surface area (Å²) >= 11 is 0. The number of fused-ring (bicyclic) bond motifs is 2. The first kappa shape index (κ1) is 26.1. The van der Waals surface area contributed by atoms with E-state index in [4.69, 9.17) is 9.15 Å². The summed E-state index contributed by atoms with van der Waals surface area (Å²) in [5, 5.41) is 5.87. The highest BCUT2D eigenvalue weighted by molar-refractivity contribution is 5.99. The van der Waals surface area contributed by atoms with E-state index in [0.717, 1.165) is 60.8 Å². The number of benzene rings is 1. The number of methoxy groups -OCH3 is 1. The van der Waals surface area contributed by atoms with Crippen molar-refractivity contribution in [3.05, 3.63) is 76.5 Å². The van der Waals surface area contributed by atoms with Crippen molar-refractivity contribution < 1.29 is 18.7 Å². The molecule has 1 aliphatic carbocycles. The van der Waals surface area contributed by atoms with Gasteiger partial charge in [0.25, 0.3) is 5.91 Å². The molecule has 0 bridgehead atoms. The third-order valence-electron chi connectivity index (χ3n) is 8.41. The largest absolute Gasteiger partial charge is 0.497 e. The Balaban J connectivity index is 1.62. The summed E-state index contributed by atoms with van der Waals surface area (Å²) in [5.74, 6) is 1.89. The minimum absolute atomic E-state index is 0.186. The van der Waals surface area contributed by atoms with Gasteiger partial charge in [-0.2, -0.15) is 0 Å². The highest BCUT2D eigenvalue weighted by Crippen LogP contribution is 2.50. The number of likely N-dealkylation sites (tertiary alicyclic amines) is 1. The first-order valence-corrected chi connectivity index (χ1v) is 13.6. The molecule has 0 unspecified atom stereocenters. The normalized spacial score (nSPS) is 20.9. The number of amides is 2.